The Kier molecular flexibility index (Phi) is 12.9. The van der Waals surface area contributed by atoms with Gasteiger partial charge in [-0.15, -0.1) is 24.0 Å². The average molecular weight is 502 g/mol. The summed E-state index contributed by atoms with van der Waals surface area (Å²) < 4.78 is 0. The molecular weight excluding hydrogens is 467 g/mol. The van der Waals surface area contributed by atoms with Crippen LogP contribution in [0.3, 0.4) is 0 Å². The van der Waals surface area contributed by atoms with Gasteiger partial charge in [-0.3, -0.25) is 9.79 Å². The molecule has 1 unspecified atom stereocenters. The summed E-state index contributed by atoms with van der Waals surface area (Å²) in [7, 11) is 0. The summed E-state index contributed by atoms with van der Waals surface area (Å²) >= 11 is 0. The lowest BCUT2D eigenvalue weighted by Crippen LogP contribution is -2.42. The number of nitrogens with zero attached hydrogens (tertiary/aromatic N) is 1. The SMILES string of the molecule is CCNC(=NCCC(O)c1ccccc1)NCCNC(=O)C1CCCCC1.I. The molecule has 0 saturated heterocycles. The summed E-state index contributed by atoms with van der Waals surface area (Å²) in [5.41, 5.74) is 0.913. The Balaban J connectivity index is 0.00000392. The highest BCUT2D eigenvalue weighted by atomic mass is 127. The molecular formula is C21H35IN4O2. The van der Waals surface area contributed by atoms with Crippen LogP contribution in [-0.4, -0.2) is 43.2 Å². The molecule has 1 fully saturated rings. The molecule has 0 aliphatic heterocycles. The number of nitrogens with one attached hydrogen (secondary N) is 3. The van der Waals surface area contributed by atoms with Crippen molar-refractivity contribution in [1.29, 1.82) is 0 Å². The summed E-state index contributed by atoms with van der Waals surface area (Å²) in [6, 6.07) is 9.64. The van der Waals surface area contributed by atoms with Gasteiger partial charge in [0.2, 0.25) is 5.91 Å². The van der Waals surface area contributed by atoms with E-state index in [4.69, 9.17) is 0 Å². The fourth-order valence-corrected chi connectivity index (χ4v) is 3.36. The van der Waals surface area contributed by atoms with E-state index in [0.29, 0.717) is 32.0 Å². The minimum Gasteiger partial charge on any atom is -0.388 e. The number of amides is 1. The van der Waals surface area contributed by atoms with Gasteiger partial charge in [-0.1, -0.05) is 49.6 Å². The van der Waals surface area contributed by atoms with Crippen molar-refractivity contribution in [2.75, 3.05) is 26.2 Å². The molecule has 2 rings (SSSR count). The van der Waals surface area contributed by atoms with Crippen LogP contribution in [0.2, 0.25) is 0 Å². The number of rotatable bonds is 9. The molecule has 0 radical (unpaired) electrons. The van der Waals surface area contributed by atoms with E-state index >= 15 is 0 Å². The number of hydrogen-bond donors (Lipinski definition) is 4. The van der Waals surface area contributed by atoms with Crippen LogP contribution < -0.4 is 16.0 Å². The number of aliphatic hydroxyl groups is 1. The predicted octanol–water partition coefficient (Wildman–Crippen LogP) is 2.98. The summed E-state index contributed by atoms with van der Waals surface area (Å²) in [4.78, 5) is 16.6. The van der Waals surface area contributed by atoms with Crippen molar-refractivity contribution in [2.24, 2.45) is 10.9 Å². The van der Waals surface area contributed by atoms with E-state index in [2.05, 4.69) is 20.9 Å². The first-order chi connectivity index (χ1) is 13.2. The Morgan fingerprint density at radius 2 is 1.79 bits per heavy atom. The first-order valence-electron chi connectivity index (χ1n) is 10.2. The molecule has 1 aliphatic rings. The molecule has 1 aromatic rings. The maximum atomic E-state index is 12.1. The first-order valence-corrected chi connectivity index (χ1v) is 10.2. The largest absolute Gasteiger partial charge is 0.388 e. The zero-order valence-corrected chi connectivity index (χ0v) is 19.2. The Morgan fingerprint density at radius 3 is 2.46 bits per heavy atom. The van der Waals surface area contributed by atoms with Gasteiger partial charge in [-0.25, -0.2) is 0 Å². The van der Waals surface area contributed by atoms with Crippen molar-refractivity contribution in [3.8, 4) is 0 Å². The Labute approximate surface area is 186 Å². The standard InChI is InChI=1S/C21H34N4O2.HI/c1-2-22-21(24-14-13-19(26)17-9-5-3-6-10-17)25-16-15-23-20(27)18-11-7-4-8-12-18;/h3,5-6,9-10,18-19,26H,2,4,7-8,11-16H2,1H3,(H,23,27)(H2,22,24,25);1H. The van der Waals surface area contributed by atoms with Crippen LogP contribution in [0.1, 0.15) is 57.1 Å². The number of halogens is 1. The van der Waals surface area contributed by atoms with E-state index in [1.165, 1.54) is 19.3 Å². The quantitative estimate of drug-likeness (QED) is 0.181. The van der Waals surface area contributed by atoms with Crippen molar-refractivity contribution in [3.05, 3.63) is 35.9 Å². The van der Waals surface area contributed by atoms with Gasteiger partial charge in [0.1, 0.15) is 0 Å². The van der Waals surface area contributed by atoms with Crippen molar-refractivity contribution in [3.63, 3.8) is 0 Å². The Hall–Kier alpha value is -1.35. The highest BCUT2D eigenvalue weighted by molar-refractivity contribution is 14.0. The van der Waals surface area contributed by atoms with Gasteiger partial charge in [-0.05, 0) is 31.7 Å². The van der Waals surface area contributed by atoms with Gasteiger partial charge in [0.25, 0.3) is 0 Å². The second kappa shape index (κ2) is 14.6. The third-order valence-corrected chi connectivity index (χ3v) is 4.89. The van der Waals surface area contributed by atoms with Crippen LogP contribution in [0.4, 0.5) is 0 Å². The van der Waals surface area contributed by atoms with Crippen LogP contribution in [0.25, 0.3) is 0 Å². The molecule has 0 bridgehead atoms. The third kappa shape index (κ3) is 9.23. The summed E-state index contributed by atoms with van der Waals surface area (Å²) in [6.45, 7) is 4.53. The van der Waals surface area contributed by atoms with Gasteiger partial charge in [0, 0.05) is 32.1 Å². The molecule has 0 spiro atoms. The minimum absolute atomic E-state index is 0. The van der Waals surface area contributed by atoms with E-state index in [9.17, 15) is 9.90 Å². The summed E-state index contributed by atoms with van der Waals surface area (Å²) in [5, 5.41) is 19.7. The lowest BCUT2D eigenvalue weighted by atomic mass is 9.89. The number of benzene rings is 1. The average Bonchev–Trinajstić information content (AvgIpc) is 2.72. The van der Waals surface area contributed by atoms with Crippen molar-refractivity contribution in [1.82, 2.24) is 16.0 Å². The number of carbonyl (C=O) groups is 1. The molecule has 0 aromatic heterocycles. The van der Waals surface area contributed by atoms with E-state index in [1.54, 1.807) is 0 Å². The fraction of sp³-hybridized carbons (Fsp3) is 0.619. The van der Waals surface area contributed by atoms with E-state index < -0.39 is 6.10 Å². The lowest BCUT2D eigenvalue weighted by molar-refractivity contribution is -0.125. The molecule has 4 N–H and O–H groups in total. The van der Waals surface area contributed by atoms with E-state index in [-0.39, 0.29) is 35.8 Å². The lowest BCUT2D eigenvalue weighted by Gasteiger charge is -2.21. The second-order valence-corrected chi connectivity index (χ2v) is 7.03. The highest BCUT2D eigenvalue weighted by Gasteiger charge is 2.20. The Morgan fingerprint density at radius 1 is 1.11 bits per heavy atom. The minimum atomic E-state index is -0.507. The van der Waals surface area contributed by atoms with Crippen LogP contribution in [0, 0.1) is 5.92 Å². The number of aliphatic imine (C=N–C) groups is 1. The monoisotopic (exact) mass is 502 g/mol. The van der Waals surface area contributed by atoms with Gasteiger partial charge >= 0.3 is 0 Å². The van der Waals surface area contributed by atoms with Crippen molar-refractivity contribution < 1.29 is 9.90 Å². The van der Waals surface area contributed by atoms with Gasteiger partial charge in [0.15, 0.2) is 5.96 Å². The smallest absolute Gasteiger partial charge is 0.223 e. The second-order valence-electron chi connectivity index (χ2n) is 7.03. The van der Waals surface area contributed by atoms with Gasteiger partial charge < -0.3 is 21.1 Å². The maximum absolute atomic E-state index is 12.1. The molecule has 1 aliphatic carbocycles. The summed E-state index contributed by atoms with van der Waals surface area (Å²) in [6.07, 6.45) is 5.70. The van der Waals surface area contributed by atoms with Crippen molar-refractivity contribution in [2.45, 2.75) is 51.6 Å². The summed E-state index contributed by atoms with van der Waals surface area (Å²) in [5.74, 6) is 1.09. The zero-order chi connectivity index (χ0) is 19.3. The van der Waals surface area contributed by atoms with Gasteiger partial charge in [0.05, 0.1) is 6.10 Å². The molecule has 7 heteroatoms. The number of guanidine groups is 1. The third-order valence-electron chi connectivity index (χ3n) is 4.89. The van der Waals surface area contributed by atoms with Crippen molar-refractivity contribution >= 4 is 35.8 Å². The number of hydrogen-bond acceptors (Lipinski definition) is 3. The van der Waals surface area contributed by atoms with E-state index in [0.717, 1.165) is 24.9 Å². The molecule has 1 atom stereocenters. The fourth-order valence-electron chi connectivity index (χ4n) is 3.36. The highest BCUT2D eigenvalue weighted by Crippen LogP contribution is 2.23. The van der Waals surface area contributed by atoms with Gasteiger partial charge in [-0.2, -0.15) is 0 Å². The molecule has 28 heavy (non-hydrogen) atoms. The van der Waals surface area contributed by atoms with Crippen LogP contribution in [0.5, 0.6) is 0 Å². The zero-order valence-electron chi connectivity index (χ0n) is 16.8. The molecule has 0 heterocycles. The van der Waals surface area contributed by atoms with E-state index in [1.807, 2.05) is 37.3 Å². The molecule has 158 valence electrons. The molecule has 1 aromatic carbocycles. The topological polar surface area (TPSA) is 85.8 Å². The van der Waals surface area contributed by atoms with Crippen LogP contribution in [-0.2, 0) is 4.79 Å². The molecule has 1 saturated carbocycles. The Bertz CT molecular complexity index is 577. The normalized spacial score (nSPS) is 16.0. The number of aliphatic hydroxyl groups excluding tert-OH is 1. The maximum Gasteiger partial charge on any atom is 0.223 e. The molecule has 1 amide bonds. The van der Waals surface area contributed by atoms with Crippen LogP contribution in [0.15, 0.2) is 35.3 Å². The number of carbonyl (C=O) groups excluding carboxylic acids is 1. The molecule has 6 nitrogen and oxygen atoms in total. The first kappa shape index (κ1) is 24.7. The predicted molar refractivity (Wildman–Crippen MR) is 125 cm³/mol. The van der Waals surface area contributed by atoms with Crippen LogP contribution >= 0.6 is 24.0 Å².